The predicted molar refractivity (Wildman–Crippen MR) is 200 cm³/mol. The highest BCUT2D eigenvalue weighted by Crippen LogP contribution is 2.38. The van der Waals surface area contributed by atoms with E-state index in [1.807, 2.05) is 71.6 Å². The summed E-state index contributed by atoms with van der Waals surface area (Å²) in [5, 5.41) is 31.8. The first kappa shape index (κ1) is 35.2. The fourth-order valence-corrected chi connectivity index (χ4v) is 7.48. The molecule has 3 heterocycles. The summed E-state index contributed by atoms with van der Waals surface area (Å²) in [6.07, 6.45) is 0.140. The lowest BCUT2D eigenvalue weighted by Crippen LogP contribution is -2.41. The monoisotopic (exact) mass is 723 g/mol. The normalized spacial score (nSPS) is 21.4. The summed E-state index contributed by atoms with van der Waals surface area (Å²) in [6.45, 7) is 3.27. The van der Waals surface area contributed by atoms with Crippen LogP contribution in [0.2, 0.25) is 0 Å². The van der Waals surface area contributed by atoms with Gasteiger partial charge in [-0.25, -0.2) is 14.2 Å². The van der Waals surface area contributed by atoms with Crippen LogP contribution in [0.15, 0.2) is 97.3 Å². The van der Waals surface area contributed by atoms with Crippen LogP contribution in [0.1, 0.15) is 49.3 Å². The molecule has 1 saturated heterocycles. The minimum Gasteiger partial charge on any atom is -0.388 e. The zero-order valence-electron chi connectivity index (χ0n) is 28.7. The number of rotatable bonds is 11. The van der Waals surface area contributed by atoms with Crippen LogP contribution in [0.3, 0.4) is 0 Å². The summed E-state index contributed by atoms with van der Waals surface area (Å²) in [5.74, 6) is 0.606. The second-order valence-electron chi connectivity index (χ2n) is 13.3. The average molecular weight is 724 g/mol. The zero-order valence-corrected chi connectivity index (χ0v) is 29.5. The largest absolute Gasteiger partial charge is 0.388 e. The number of benzene rings is 3. The molecule has 2 fully saturated rings. The number of aliphatic hydroxyl groups is 2. The molecule has 14 heteroatoms. The van der Waals surface area contributed by atoms with Crippen molar-refractivity contribution in [3.05, 3.63) is 108 Å². The maximum atomic E-state index is 12.8. The SMILES string of the molecule is CCC(=O)N(Cl)[C@H]1C[C@@H](n2cnc3c(NCC(c4ccccc4)c4ccccc4)nc(N4CC[C@@H](NC(=O)Nc5ccccc5)C4)nc32)[C@H](O)[C@@H]1O. The van der Waals surface area contributed by atoms with Gasteiger partial charge >= 0.3 is 6.03 Å². The van der Waals surface area contributed by atoms with Gasteiger partial charge in [0.25, 0.3) is 0 Å². The fraction of sp³-hybridized carbons (Fsp3) is 0.342. The number of fused-ring (bicyclic) bond motifs is 1. The number of hydrogen-bond donors (Lipinski definition) is 5. The molecule has 0 bridgehead atoms. The number of halogens is 1. The lowest BCUT2D eigenvalue weighted by atomic mass is 9.91. The number of aliphatic hydroxyl groups excluding tert-OH is 2. The topological polar surface area (TPSA) is 161 Å². The summed E-state index contributed by atoms with van der Waals surface area (Å²) < 4.78 is 2.74. The van der Waals surface area contributed by atoms with Gasteiger partial charge in [-0.3, -0.25) is 4.79 Å². The Kier molecular flexibility index (Phi) is 10.5. The van der Waals surface area contributed by atoms with Gasteiger partial charge in [-0.2, -0.15) is 9.97 Å². The van der Waals surface area contributed by atoms with E-state index in [1.165, 1.54) is 0 Å². The number of nitrogens with one attached hydrogen (secondary N) is 3. The van der Waals surface area contributed by atoms with Gasteiger partial charge < -0.3 is 35.6 Å². The third-order valence-corrected chi connectivity index (χ3v) is 10.4. The molecule has 5 atom stereocenters. The molecule has 1 aliphatic carbocycles. The van der Waals surface area contributed by atoms with Crippen molar-refractivity contribution in [3.63, 3.8) is 0 Å². The van der Waals surface area contributed by atoms with E-state index < -0.39 is 24.3 Å². The van der Waals surface area contributed by atoms with Crippen LogP contribution in [0.4, 0.5) is 22.2 Å². The maximum Gasteiger partial charge on any atom is 0.319 e. The van der Waals surface area contributed by atoms with Crippen molar-refractivity contribution in [1.82, 2.24) is 29.3 Å². The van der Waals surface area contributed by atoms with E-state index >= 15 is 0 Å². The molecular formula is C38H42ClN9O4. The first-order valence-electron chi connectivity index (χ1n) is 17.6. The predicted octanol–water partition coefficient (Wildman–Crippen LogP) is 4.90. The molecule has 5 N–H and O–H groups in total. The smallest absolute Gasteiger partial charge is 0.319 e. The highest BCUT2D eigenvalue weighted by molar-refractivity contribution is 6.21. The molecule has 0 radical (unpaired) electrons. The Morgan fingerprint density at radius 1 is 0.942 bits per heavy atom. The first-order chi connectivity index (χ1) is 25.3. The van der Waals surface area contributed by atoms with Crippen molar-refractivity contribution in [3.8, 4) is 0 Å². The van der Waals surface area contributed by atoms with Gasteiger partial charge in [0.2, 0.25) is 11.9 Å². The number of carbonyl (C=O) groups is 2. The Hall–Kier alpha value is -5.24. The maximum absolute atomic E-state index is 12.8. The van der Waals surface area contributed by atoms with E-state index in [4.69, 9.17) is 26.7 Å². The highest BCUT2D eigenvalue weighted by atomic mass is 35.5. The molecule has 3 aromatic carbocycles. The van der Waals surface area contributed by atoms with Crippen molar-refractivity contribution >= 4 is 52.3 Å². The molecule has 52 heavy (non-hydrogen) atoms. The van der Waals surface area contributed by atoms with Gasteiger partial charge in [-0.15, -0.1) is 0 Å². The molecule has 2 aliphatic rings. The molecule has 2 aromatic heterocycles. The van der Waals surface area contributed by atoms with Gasteiger partial charge in [0.05, 0.1) is 18.4 Å². The van der Waals surface area contributed by atoms with Crippen molar-refractivity contribution in [2.45, 2.75) is 62.4 Å². The minimum atomic E-state index is -1.26. The minimum absolute atomic E-state index is 0.000175. The number of para-hydroxylation sites is 1. The second-order valence-corrected chi connectivity index (χ2v) is 13.6. The third kappa shape index (κ3) is 7.38. The number of hydrogen-bond acceptors (Lipinski definition) is 9. The Morgan fingerprint density at radius 3 is 2.25 bits per heavy atom. The molecule has 7 rings (SSSR count). The van der Waals surface area contributed by atoms with Crippen molar-refractivity contribution in [2.75, 3.05) is 35.2 Å². The Morgan fingerprint density at radius 2 is 1.60 bits per heavy atom. The van der Waals surface area contributed by atoms with Gasteiger partial charge in [0.1, 0.15) is 12.2 Å². The lowest BCUT2D eigenvalue weighted by molar-refractivity contribution is -0.129. The van der Waals surface area contributed by atoms with Crippen LogP contribution in [0, 0.1) is 0 Å². The van der Waals surface area contributed by atoms with E-state index in [0.717, 1.165) is 15.5 Å². The Labute approximate surface area is 306 Å². The van der Waals surface area contributed by atoms with Gasteiger partial charge in [-0.05, 0) is 36.1 Å². The molecule has 0 unspecified atom stereocenters. The third-order valence-electron chi connectivity index (χ3n) is 9.94. The molecule has 270 valence electrons. The van der Waals surface area contributed by atoms with Crippen LogP contribution in [0.25, 0.3) is 11.2 Å². The van der Waals surface area contributed by atoms with Gasteiger partial charge in [0.15, 0.2) is 17.0 Å². The number of carbonyl (C=O) groups excluding carboxylic acids is 2. The van der Waals surface area contributed by atoms with E-state index in [0.29, 0.717) is 54.7 Å². The van der Waals surface area contributed by atoms with Crippen molar-refractivity contribution in [2.24, 2.45) is 0 Å². The van der Waals surface area contributed by atoms with Crippen LogP contribution < -0.4 is 20.9 Å². The number of nitrogens with zero attached hydrogens (tertiary/aromatic N) is 6. The van der Waals surface area contributed by atoms with Crippen LogP contribution in [0.5, 0.6) is 0 Å². The molecule has 3 amide bonds. The number of urea groups is 1. The van der Waals surface area contributed by atoms with Gasteiger partial charge in [-0.1, -0.05) is 85.8 Å². The van der Waals surface area contributed by atoms with E-state index in [1.54, 1.807) is 17.8 Å². The molecule has 1 saturated carbocycles. The van der Waals surface area contributed by atoms with E-state index in [-0.39, 0.29) is 36.7 Å². The van der Waals surface area contributed by atoms with E-state index in [2.05, 4.69) is 40.2 Å². The summed E-state index contributed by atoms with van der Waals surface area (Å²) >= 11 is 6.36. The molecule has 1 aliphatic heterocycles. The Bertz CT molecular complexity index is 1940. The quantitative estimate of drug-likeness (QED) is 0.120. The summed E-state index contributed by atoms with van der Waals surface area (Å²) in [7, 11) is 0. The zero-order chi connectivity index (χ0) is 36.2. The molecule has 13 nitrogen and oxygen atoms in total. The van der Waals surface area contributed by atoms with Crippen molar-refractivity contribution < 1.29 is 19.8 Å². The molecular weight excluding hydrogens is 682 g/mol. The lowest BCUT2D eigenvalue weighted by Gasteiger charge is -2.23. The number of anilines is 3. The standard InChI is InChI=1S/C38H42ClN9O4/c1-2-31(49)48(39)30-20-29(33(50)34(30)51)47-23-41-32-35(40-21-28(24-12-6-3-7-13-24)25-14-8-4-9-15-25)44-37(45-36(32)47)46-19-18-27(22-46)43-38(52)42-26-16-10-5-11-17-26/h3-17,23,27-30,33-34,50-51H,2,18-22H2,1H3,(H,40,44,45)(H2,42,43,52)/t27-,29-,30+,33+,34-/m1/s1. The van der Waals surface area contributed by atoms with Gasteiger partial charge in [0, 0.05) is 55.5 Å². The molecule has 5 aromatic rings. The summed E-state index contributed by atoms with van der Waals surface area (Å²) in [5.41, 5.74) is 3.94. The second kappa shape index (κ2) is 15.6. The number of aromatic nitrogens is 4. The van der Waals surface area contributed by atoms with Crippen LogP contribution in [-0.2, 0) is 4.79 Å². The average Bonchev–Trinajstić information content (AvgIpc) is 3.89. The Balaban J connectivity index is 1.19. The summed E-state index contributed by atoms with van der Waals surface area (Å²) in [4.78, 5) is 41.9. The van der Waals surface area contributed by atoms with E-state index in [9.17, 15) is 19.8 Å². The number of amides is 3. The fourth-order valence-electron chi connectivity index (χ4n) is 7.17. The molecule has 0 spiro atoms. The van der Waals surface area contributed by atoms with Crippen LogP contribution >= 0.6 is 11.8 Å². The summed E-state index contributed by atoms with van der Waals surface area (Å²) in [6, 6.07) is 27.9. The number of imidazole rings is 1. The highest BCUT2D eigenvalue weighted by Gasteiger charge is 2.47. The van der Waals surface area contributed by atoms with Crippen LogP contribution in [-0.4, -0.2) is 90.0 Å². The first-order valence-corrected chi connectivity index (χ1v) is 17.9. The van der Waals surface area contributed by atoms with Crippen molar-refractivity contribution in [1.29, 1.82) is 0 Å².